The van der Waals surface area contributed by atoms with Gasteiger partial charge in [-0.05, 0) is 53.9 Å². The molecule has 1 unspecified atom stereocenters. The molecule has 4 rings (SSSR count). The van der Waals surface area contributed by atoms with Crippen LogP contribution in [0.1, 0.15) is 28.3 Å². The summed E-state index contributed by atoms with van der Waals surface area (Å²) in [5.41, 5.74) is 2.10. The molecule has 168 valence electrons. The van der Waals surface area contributed by atoms with Crippen molar-refractivity contribution in [2.24, 2.45) is 0 Å². The number of carbonyl (C=O) groups excluding carboxylic acids is 2. The highest BCUT2D eigenvalue weighted by molar-refractivity contribution is 6.47. The number of carbonyl (C=O) groups is 2. The van der Waals surface area contributed by atoms with Crippen LogP contribution < -0.4 is 14.8 Å². The molecule has 2 heterocycles. The van der Waals surface area contributed by atoms with E-state index >= 15 is 0 Å². The first-order valence-corrected chi connectivity index (χ1v) is 10.9. The lowest BCUT2D eigenvalue weighted by Gasteiger charge is -2.28. The van der Waals surface area contributed by atoms with E-state index in [2.05, 4.69) is 4.98 Å². The van der Waals surface area contributed by atoms with Crippen molar-refractivity contribution in [3.05, 3.63) is 98.8 Å². The number of nitrogens with zero attached hydrogens (tertiary/aromatic N) is 1. The number of methoxy groups -OCH3 is 1. The number of aromatic nitrogens is 1. The molecule has 1 fully saturated rings. The number of halogens is 2. The Morgan fingerprint density at radius 2 is 1.94 bits per heavy atom. The van der Waals surface area contributed by atoms with Crippen LogP contribution in [0, 0.1) is 6.92 Å². The highest BCUT2D eigenvalue weighted by Gasteiger charge is 2.45. The monoisotopic (exact) mass is 482 g/mol. The average molecular weight is 483 g/mol. The number of rotatable bonds is 5. The van der Waals surface area contributed by atoms with Gasteiger partial charge in [-0.2, -0.15) is 0 Å². The van der Waals surface area contributed by atoms with Crippen LogP contribution in [0.5, 0.6) is 5.75 Å². The van der Waals surface area contributed by atoms with Gasteiger partial charge in [-0.1, -0.05) is 41.1 Å². The molecule has 1 N–H and O–H groups in total. The number of likely N-dealkylation sites (tertiary alicyclic amines) is 1. The molecule has 1 amide bonds. The van der Waals surface area contributed by atoms with Gasteiger partial charge in [-0.3, -0.25) is 9.59 Å². The number of ketones is 1. The minimum Gasteiger partial charge on any atom is -0.872 e. The maximum absolute atomic E-state index is 13.6. The van der Waals surface area contributed by atoms with E-state index in [4.69, 9.17) is 27.9 Å². The molecule has 0 aliphatic carbocycles. The van der Waals surface area contributed by atoms with Crippen molar-refractivity contribution in [1.82, 2.24) is 4.90 Å². The van der Waals surface area contributed by atoms with E-state index in [0.717, 1.165) is 11.1 Å². The van der Waals surface area contributed by atoms with Crippen LogP contribution in [0.15, 0.2) is 66.5 Å². The molecule has 0 bridgehead atoms. The van der Waals surface area contributed by atoms with Crippen molar-refractivity contribution in [3.63, 3.8) is 0 Å². The molecule has 8 heteroatoms. The summed E-state index contributed by atoms with van der Waals surface area (Å²) in [5, 5.41) is 14.2. The van der Waals surface area contributed by atoms with Crippen LogP contribution in [-0.4, -0.2) is 23.7 Å². The maximum Gasteiger partial charge on any atom is 0.295 e. The Bertz CT molecular complexity index is 1270. The summed E-state index contributed by atoms with van der Waals surface area (Å²) in [5.74, 6) is -1.52. The molecule has 0 saturated carbocycles. The first kappa shape index (κ1) is 22.8. The molecule has 1 aromatic heterocycles. The van der Waals surface area contributed by atoms with E-state index in [1.165, 1.54) is 18.1 Å². The molecule has 6 nitrogen and oxygen atoms in total. The maximum atomic E-state index is 13.6. The summed E-state index contributed by atoms with van der Waals surface area (Å²) in [7, 11) is 1.54. The molecule has 1 aliphatic rings. The third kappa shape index (κ3) is 4.32. The lowest BCUT2D eigenvalue weighted by atomic mass is 9.94. The predicted octanol–water partition coefficient (Wildman–Crippen LogP) is 3.55. The Labute approximate surface area is 201 Å². The fourth-order valence-electron chi connectivity index (χ4n) is 3.98. The van der Waals surface area contributed by atoms with Gasteiger partial charge < -0.3 is 14.7 Å². The zero-order valence-electron chi connectivity index (χ0n) is 17.9. The number of aromatic amines is 1. The fourth-order valence-corrected chi connectivity index (χ4v) is 4.49. The van der Waals surface area contributed by atoms with Gasteiger partial charge in [-0.25, -0.2) is 4.98 Å². The quantitative estimate of drug-likeness (QED) is 0.316. The minimum atomic E-state index is -0.954. The Kier molecular flexibility index (Phi) is 6.40. The van der Waals surface area contributed by atoms with Gasteiger partial charge in [0.1, 0.15) is 5.75 Å². The van der Waals surface area contributed by atoms with Gasteiger partial charge >= 0.3 is 0 Å². The smallest absolute Gasteiger partial charge is 0.295 e. The van der Waals surface area contributed by atoms with Crippen molar-refractivity contribution >= 4 is 40.7 Å². The second-order valence-corrected chi connectivity index (χ2v) is 8.51. The van der Waals surface area contributed by atoms with Crippen molar-refractivity contribution in [1.29, 1.82) is 0 Å². The molecule has 2 aromatic carbocycles. The number of Topliss-reactive ketones (excluding diaryl/α,β-unsaturated/α-hetero) is 1. The molecule has 33 heavy (non-hydrogen) atoms. The van der Waals surface area contributed by atoms with Crippen molar-refractivity contribution in [2.75, 3.05) is 7.11 Å². The van der Waals surface area contributed by atoms with Gasteiger partial charge in [0, 0.05) is 27.2 Å². The van der Waals surface area contributed by atoms with E-state index < -0.39 is 23.5 Å². The topological polar surface area (TPSA) is 83.8 Å². The van der Waals surface area contributed by atoms with Crippen LogP contribution in [0.4, 0.5) is 0 Å². The van der Waals surface area contributed by atoms with E-state index in [1.54, 1.807) is 55.7 Å². The number of nitrogens with one attached hydrogen (secondary N) is 1. The zero-order chi connectivity index (χ0) is 23.7. The fraction of sp³-hybridized carbons (Fsp3) is 0.160. The van der Waals surface area contributed by atoms with E-state index in [0.29, 0.717) is 16.3 Å². The SMILES string of the molecule is COc1ccc(C([O-])=C2C(=O)C(=O)N(Cc3ccc[nH+]c3)C2c2ccc(Cl)cc2Cl)cc1C. The highest BCUT2D eigenvalue weighted by Crippen LogP contribution is 2.42. The molecule has 1 aliphatic heterocycles. The minimum absolute atomic E-state index is 0.115. The highest BCUT2D eigenvalue weighted by atomic mass is 35.5. The third-order valence-corrected chi connectivity index (χ3v) is 6.13. The average Bonchev–Trinajstić information content (AvgIpc) is 3.04. The molecule has 0 radical (unpaired) electrons. The largest absolute Gasteiger partial charge is 0.872 e. The number of pyridine rings is 1. The second-order valence-electron chi connectivity index (χ2n) is 7.67. The Balaban J connectivity index is 1.90. The van der Waals surface area contributed by atoms with Gasteiger partial charge in [0.2, 0.25) is 5.78 Å². The van der Waals surface area contributed by atoms with Crippen molar-refractivity contribution in [3.8, 4) is 5.75 Å². The summed E-state index contributed by atoms with van der Waals surface area (Å²) in [6.45, 7) is 1.91. The van der Waals surface area contributed by atoms with Crippen LogP contribution in [-0.2, 0) is 16.1 Å². The summed E-state index contributed by atoms with van der Waals surface area (Å²) < 4.78 is 5.26. The summed E-state index contributed by atoms with van der Waals surface area (Å²) >= 11 is 12.5. The normalized spacial score (nSPS) is 17.5. The number of ether oxygens (including phenoxy) is 1. The first-order chi connectivity index (χ1) is 15.8. The van der Waals surface area contributed by atoms with E-state index in [9.17, 15) is 14.7 Å². The molecule has 0 spiro atoms. The number of hydrogen-bond donors (Lipinski definition) is 0. The van der Waals surface area contributed by atoms with Crippen LogP contribution in [0.2, 0.25) is 10.0 Å². The number of amides is 1. The van der Waals surface area contributed by atoms with Gasteiger partial charge in [0.05, 0.1) is 19.7 Å². The lowest BCUT2D eigenvalue weighted by molar-refractivity contribution is -0.378. The third-order valence-electron chi connectivity index (χ3n) is 5.57. The van der Waals surface area contributed by atoms with E-state index in [-0.39, 0.29) is 22.7 Å². The Morgan fingerprint density at radius 3 is 2.58 bits per heavy atom. The van der Waals surface area contributed by atoms with Gasteiger partial charge in [0.25, 0.3) is 5.91 Å². The molecular formula is C25H20Cl2N2O4. The molecular weight excluding hydrogens is 463 g/mol. The van der Waals surface area contributed by atoms with Crippen molar-refractivity contribution in [2.45, 2.75) is 19.5 Å². The Hall–Kier alpha value is -3.35. The molecule has 1 atom stereocenters. The predicted molar refractivity (Wildman–Crippen MR) is 122 cm³/mol. The van der Waals surface area contributed by atoms with Crippen molar-refractivity contribution < 1.29 is 24.4 Å². The second kappa shape index (κ2) is 9.25. The standard InChI is InChI=1S/C25H20Cl2N2O4/c1-14-10-16(5-8-20(14)33-2)23(30)21-22(18-7-6-17(26)11-19(18)27)29(25(32)24(21)31)13-15-4-3-9-28-12-15/h3-12,22,30H,13H2,1-2H3. The van der Waals surface area contributed by atoms with Crippen LogP contribution in [0.25, 0.3) is 5.76 Å². The number of aryl methyl sites for hydroxylation is 1. The summed E-state index contributed by atoms with van der Waals surface area (Å²) in [6.07, 6.45) is 3.46. The van der Waals surface area contributed by atoms with Crippen LogP contribution in [0.3, 0.4) is 0 Å². The Morgan fingerprint density at radius 1 is 1.15 bits per heavy atom. The van der Waals surface area contributed by atoms with Gasteiger partial charge in [-0.15, -0.1) is 0 Å². The van der Waals surface area contributed by atoms with E-state index in [1.807, 2.05) is 6.07 Å². The number of H-pyrrole nitrogens is 1. The zero-order valence-corrected chi connectivity index (χ0v) is 19.4. The molecule has 1 saturated heterocycles. The summed E-state index contributed by atoms with van der Waals surface area (Å²) in [6, 6.07) is 12.3. The van der Waals surface area contributed by atoms with Gasteiger partial charge in [0.15, 0.2) is 12.4 Å². The molecule has 3 aromatic rings. The number of benzene rings is 2. The lowest BCUT2D eigenvalue weighted by Crippen LogP contribution is -2.29. The summed E-state index contributed by atoms with van der Waals surface area (Å²) in [4.78, 5) is 30.6. The van der Waals surface area contributed by atoms with Crippen LogP contribution >= 0.6 is 23.2 Å². The number of hydrogen-bond acceptors (Lipinski definition) is 4. The first-order valence-electron chi connectivity index (χ1n) is 10.1.